The number of nitrogens with two attached hydrogens (primary N) is 1. The van der Waals surface area contributed by atoms with Crippen molar-refractivity contribution in [1.82, 2.24) is 0 Å². The number of hydrogen-bond acceptors (Lipinski definition) is 3. The average molecular weight is 330 g/mol. The molecule has 106 valence electrons. The van der Waals surface area contributed by atoms with E-state index in [1.807, 2.05) is 38.1 Å². The van der Waals surface area contributed by atoms with Crippen LogP contribution in [0.2, 0.25) is 0 Å². The number of carbonyl (C=O) groups excluding carboxylic acids is 1. The number of hydrogen-bond donors (Lipinski definition) is 2. The van der Waals surface area contributed by atoms with Crippen LogP contribution in [0.5, 0.6) is 0 Å². The zero-order valence-electron chi connectivity index (χ0n) is 11.2. The minimum absolute atomic E-state index is 0.00910. The largest absolute Gasteiger partial charge is 0.544 e. The monoisotopic (exact) mass is 329 g/mol. The molecule has 0 aliphatic heterocycles. The van der Waals surface area contributed by atoms with E-state index in [2.05, 4.69) is 15.9 Å². The van der Waals surface area contributed by atoms with Crippen molar-refractivity contribution in [3.8, 4) is 0 Å². The molecule has 19 heavy (non-hydrogen) atoms. The number of rotatable bonds is 7. The van der Waals surface area contributed by atoms with Crippen molar-refractivity contribution in [2.45, 2.75) is 32.4 Å². The number of carboxylic acid groups (broad SMARTS) is 1. The van der Waals surface area contributed by atoms with Crippen LogP contribution in [-0.4, -0.2) is 23.7 Å². The van der Waals surface area contributed by atoms with Gasteiger partial charge in [0.05, 0.1) is 18.6 Å². The van der Waals surface area contributed by atoms with Crippen LogP contribution < -0.4 is 10.4 Å². The summed E-state index contributed by atoms with van der Waals surface area (Å²) in [5.74, 6) is -1.04. The Hall–Kier alpha value is -0.910. The molecular weight excluding hydrogens is 310 g/mol. The second-order valence-electron chi connectivity index (χ2n) is 4.97. The fourth-order valence-corrected chi connectivity index (χ4v) is 2.19. The number of aliphatic carboxylic acids is 1. The van der Waals surface area contributed by atoms with E-state index in [0.29, 0.717) is 13.0 Å². The predicted molar refractivity (Wildman–Crippen MR) is 74.1 cm³/mol. The Labute approximate surface area is 122 Å². The summed E-state index contributed by atoms with van der Waals surface area (Å²) in [4.78, 5) is 10.9. The van der Waals surface area contributed by atoms with Crippen molar-refractivity contribution >= 4 is 21.9 Å². The molecule has 0 unspecified atom stereocenters. The molecule has 0 saturated carbocycles. The van der Waals surface area contributed by atoms with Crippen LogP contribution in [0, 0.1) is 5.92 Å². The second-order valence-corrected chi connectivity index (χ2v) is 5.88. The fraction of sp³-hybridized carbons (Fsp3) is 0.500. The van der Waals surface area contributed by atoms with Gasteiger partial charge in [0.2, 0.25) is 0 Å². The maximum absolute atomic E-state index is 10.9. The molecule has 4 nitrogen and oxygen atoms in total. The zero-order valence-corrected chi connectivity index (χ0v) is 12.8. The number of quaternary nitrogens is 1. The molecule has 1 aromatic carbocycles. The summed E-state index contributed by atoms with van der Waals surface area (Å²) in [6.07, 6.45) is -0.0584. The van der Waals surface area contributed by atoms with Gasteiger partial charge < -0.3 is 20.3 Å². The lowest BCUT2D eigenvalue weighted by atomic mass is 10.0. The number of benzene rings is 1. The Morgan fingerprint density at radius 1 is 1.37 bits per heavy atom. The highest BCUT2D eigenvalue weighted by Crippen LogP contribution is 2.18. The topological polar surface area (TPSA) is 77.0 Å². The van der Waals surface area contributed by atoms with Crippen molar-refractivity contribution in [3.05, 3.63) is 34.3 Å². The minimum atomic E-state index is -1.05. The Bertz CT molecular complexity index is 406. The lowest BCUT2D eigenvalue weighted by Gasteiger charge is -2.20. The molecule has 0 aliphatic rings. The number of carboxylic acids is 1. The standard InChI is InChI=1S/C14H20BrNO3/c1-9(2)13(14(18)19)16-8-7-12(17)10-3-5-11(15)6-4-10/h3-6,9,12-13,16-17H,7-8H2,1-2H3,(H,18,19)/t12-,13+/m1/s1. The number of aliphatic hydroxyl groups excluding tert-OH is 1. The first-order valence-corrected chi connectivity index (χ1v) is 7.19. The number of carbonyl (C=O) groups is 1. The van der Waals surface area contributed by atoms with Crippen LogP contribution in [0.15, 0.2) is 28.7 Å². The summed E-state index contributed by atoms with van der Waals surface area (Å²) in [6, 6.07) is 6.90. The summed E-state index contributed by atoms with van der Waals surface area (Å²) in [6.45, 7) is 4.25. The molecule has 0 fully saturated rings. The number of halogens is 1. The first-order chi connectivity index (χ1) is 8.91. The predicted octanol–water partition coefficient (Wildman–Crippen LogP) is 0.210. The van der Waals surface area contributed by atoms with Crippen molar-refractivity contribution in [2.24, 2.45) is 5.92 Å². The van der Waals surface area contributed by atoms with Gasteiger partial charge in [-0.3, -0.25) is 0 Å². The molecule has 0 aromatic heterocycles. The van der Waals surface area contributed by atoms with E-state index in [1.165, 1.54) is 0 Å². The number of aliphatic hydroxyl groups is 1. The molecule has 1 rings (SSSR count). The molecule has 0 aliphatic carbocycles. The fourth-order valence-electron chi connectivity index (χ4n) is 1.93. The summed E-state index contributed by atoms with van der Waals surface area (Å²) >= 11 is 3.34. The van der Waals surface area contributed by atoms with Crippen LogP contribution in [0.25, 0.3) is 0 Å². The zero-order chi connectivity index (χ0) is 14.4. The van der Waals surface area contributed by atoms with Crippen LogP contribution in [-0.2, 0) is 4.79 Å². The van der Waals surface area contributed by atoms with Gasteiger partial charge in [-0.15, -0.1) is 0 Å². The first kappa shape index (κ1) is 16.1. The van der Waals surface area contributed by atoms with E-state index in [-0.39, 0.29) is 5.92 Å². The quantitative estimate of drug-likeness (QED) is 0.750. The highest BCUT2D eigenvalue weighted by molar-refractivity contribution is 9.10. The van der Waals surface area contributed by atoms with Gasteiger partial charge >= 0.3 is 0 Å². The summed E-state index contributed by atoms with van der Waals surface area (Å²) < 4.78 is 0.965. The van der Waals surface area contributed by atoms with Gasteiger partial charge in [-0.1, -0.05) is 41.9 Å². The highest BCUT2D eigenvalue weighted by atomic mass is 79.9. The van der Waals surface area contributed by atoms with Crippen LogP contribution >= 0.6 is 15.9 Å². The maximum Gasteiger partial charge on any atom is 0.128 e. The van der Waals surface area contributed by atoms with E-state index >= 15 is 0 Å². The van der Waals surface area contributed by atoms with Gasteiger partial charge in [0.1, 0.15) is 6.04 Å². The summed E-state index contributed by atoms with van der Waals surface area (Å²) in [5.41, 5.74) is 0.839. The van der Waals surface area contributed by atoms with E-state index in [1.54, 1.807) is 5.32 Å². The molecule has 0 spiro atoms. The molecule has 0 heterocycles. The van der Waals surface area contributed by atoms with Crippen LogP contribution in [0.4, 0.5) is 0 Å². The summed E-state index contributed by atoms with van der Waals surface area (Å²) in [7, 11) is 0. The Kier molecular flexibility index (Phi) is 6.48. The molecule has 5 heteroatoms. The second kappa shape index (κ2) is 7.62. The normalized spacial score (nSPS) is 14.4. The highest BCUT2D eigenvalue weighted by Gasteiger charge is 2.18. The molecule has 2 atom stereocenters. The first-order valence-electron chi connectivity index (χ1n) is 6.39. The van der Waals surface area contributed by atoms with Crippen molar-refractivity contribution < 1.29 is 20.3 Å². The van der Waals surface area contributed by atoms with Gasteiger partial charge in [0.15, 0.2) is 0 Å². The third-order valence-electron chi connectivity index (χ3n) is 3.11. The van der Waals surface area contributed by atoms with Gasteiger partial charge in [-0.2, -0.15) is 0 Å². The van der Waals surface area contributed by atoms with Crippen molar-refractivity contribution in [3.63, 3.8) is 0 Å². The third-order valence-corrected chi connectivity index (χ3v) is 3.63. The molecule has 3 N–H and O–H groups in total. The Morgan fingerprint density at radius 3 is 2.42 bits per heavy atom. The van der Waals surface area contributed by atoms with Gasteiger partial charge in [0, 0.05) is 16.8 Å². The maximum atomic E-state index is 10.9. The smallest absolute Gasteiger partial charge is 0.128 e. The molecule has 0 amide bonds. The molecule has 0 radical (unpaired) electrons. The van der Waals surface area contributed by atoms with Gasteiger partial charge in [0.25, 0.3) is 0 Å². The van der Waals surface area contributed by atoms with Crippen molar-refractivity contribution in [2.75, 3.05) is 6.54 Å². The third kappa shape index (κ3) is 5.30. The molecule has 1 aromatic rings. The molecule has 0 saturated heterocycles. The lowest BCUT2D eigenvalue weighted by Crippen LogP contribution is -2.94. The molecule has 0 bridgehead atoms. The van der Waals surface area contributed by atoms with E-state index in [9.17, 15) is 15.0 Å². The van der Waals surface area contributed by atoms with Gasteiger partial charge in [-0.05, 0) is 17.7 Å². The Balaban J connectivity index is 2.44. The van der Waals surface area contributed by atoms with Crippen LogP contribution in [0.1, 0.15) is 31.9 Å². The lowest BCUT2D eigenvalue weighted by molar-refractivity contribution is -0.690. The SMILES string of the molecule is CC(C)[C@H]([NH2+]CC[C@@H](O)c1ccc(Br)cc1)C(=O)[O-]. The van der Waals surface area contributed by atoms with Crippen molar-refractivity contribution in [1.29, 1.82) is 0 Å². The van der Waals surface area contributed by atoms with Crippen LogP contribution in [0.3, 0.4) is 0 Å². The van der Waals surface area contributed by atoms with E-state index in [0.717, 1.165) is 10.0 Å². The Morgan fingerprint density at radius 2 is 1.95 bits per heavy atom. The van der Waals surface area contributed by atoms with E-state index < -0.39 is 18.1 Å². The van der Waals surface area contributed by atoms with Gasteiger partial charge in [-0.25, -0.2) is 0 Å². The average Bonchev–Trinajstić information content (AvgIpc) is 2.34. The summed E-state index contributed by atoms with van der Waals surface area (Å²) in [5, 5.41) is 22.6. The molecular formula is C14H20BrNO3. The minimum Gasteiger partial charge on any atom is -0.544 e. The van der Waals surface area contributed by atoms with E-state index in [4.69, 9.17) is 0 Å².